The minimum absolute atomic E-state index is 0.546. The molecule has 2 heterocycles. The summed E-state index contributed by atoms with van der Waals surface area (Å²) in [5, 5.41) is 5.02. The standard InChI is InChI=1S/C14H18N2/c1-10-14(13-8-4-5-9-15-13)11-6-2-3-7-12(11)16-10/h2-3,6-7,13,15-16H,4-5,8-9H2,1H3/t13-/m1/s1. The first-order chi connectivity index (χ1) is 7.86. The minimum Gasteiger partial charge on any atom is -0.358 e. The Bertz CT molecular complexity index is 492. The van der Waals surface area contributed by atoms with Crippen molar-refractivity contribution in [1.82, 2.24) is 10.3 Å². The second-order valence-corrected chi connectivity index (χ2v) is 4.71. The van der Waals surface area contributed by atoms with Gasteiger partial charge in [0.1, 0.15) is 0 Å². The molecule has 1 fully saturated rings. The summed E-state index contributed by atoms with van der Waals surface area (Å²) in [6.07, 6.45) is 3.93. The number of para-hydroxylation sites is 1. The fraction of sp³-hybridized carbons (Fsp3) is 0.429. The third-order valence-corrected chi connectivity index (χ3v) is 3.60. The average Bonchev–Trinajstić information content (AvgIpc) is 2.66. The highest BCUT2D eigenvalue weighted by Gasteiger charge is 2.20. The van der Waals surface area contributed by atoms with Crippen LogP contribution in [0.25, 0.3) is 10.9 Å². The van der Waals surface area contributed by atoms with Gasteiger partial charge < -0.3 is 10.3 Å². The van der Waals surface area contributed by atoms with Gasteiger partial charge in [0.25, 0.3) is 0 Å². The van der Waals surface area contributed by atoms with Crippen molar-refractivity contribution in [3.05, 3.63) is 35.5 Å². The molecular formula is C14H18N2. The first-order valence-corrected chi connectivity index (χ1v) is 6.17. The molecule has 1 aliphatic heterocycles. The number of aromatic amines is 1. The van der Waals surface area contributed by atoms with E-state index in [4.69, 9.17) is 0 Å². The van der Waals surface area contributed by atoms with E-state index < -0.39 is 0 Å². The third-order valence-electron chi connectivity index (χ3n) is 3.60. The van der Waals surface area contributed by atoms with Crippen molar-refractivity contribution in [2.45, 2.75) is 32.2 Å². The number of aromatic nitrogens is 1. The smallest absolute Gasteiger partial charge is 0.0459 e. The van der Waals surface area contributed by atoms with Crippen LogP contribution in [0.4, 0.5) is 0 Å². The van der Waals surface area contributed by atoms with Gasteiger partial charge in [-0.3, -0.25) is 0 Å². The molecule has 84 valence electrons. The Morgan fingerprint density at radius 2 is 2.06 bits per heavy atom. The van der Waals surface area contributed by atoms with Gasteiger partial charge in [-0.05, 0) is 37.9 Å². The fourth-order valence-corrected chi connectivity index (χ4v) is 2.85. The number of H-pyrrole nitrogens is 1. The second-order valence-electron chi connectivity index (χ2n) is 4.71. The van der Waals surface area contributed by atoms with E-state index in [0.29, 0.717) is 6.04 Å². The summed E-state index contributed by atoms with van der Waals surface area (Å²) in [6.45, 7) is 3.34. The number of piperidine rings is 1. The highest BCUT2D eigenvalue weighted by Crippen LogP contribution is 2.31. The van der Waals surface area contributed by atoms with Crippen LogP contribution in [0.1, 0.15) is 36.6 Å². The van der Waals surface area contributed by atoms with Crippen LogP contribution >= 0.6 is 0 Å². The van der Waals surface area contributed by atoms with Crippen LogP contribution < -0.4 is 5.32 Å². The van der Waals surface area contributed by atoms with Crippen LogP contribution in [-0.2, 0) is 0 Å². The molecule has 2 nitrogen and oxygen atoms in total. The molecule has 0 amide bonds. The number of fused-ring (bicyclic) bond motifs is 1. The lowest BCUT2D eigenvalue weighted by molar-refractivity contribution is 0.413. The van der Waals surface area contributed by atoms with Gasteiger partial charge in [0.2, 0.25) is 0 Å². The Hall–Kier alpha value is -1.28. The SMILES string of the molecule is Cc1[nH]c2ccccc2c1[C@H]1CCCCN1. The first kappa shape index (κ1) is 9.91. The fourth-order valence-electron chi connectivity index (χ4n) is 2.85. The van der Waals surface area contributed by atoms with Crippen LogP contribution in [0.2, 0.25) is 0 Å². The Labute approximate surface area is 96.1 Å². The maximum absolute atomic E-state index is 3.63. The molecule has 16 heavy (non-hydrogen) atoms. The quantitative estimate of drug-likeness (QED) is 0.749. The summed E-state index contributed by atoms with van der Waals surface area (Å²) in [7, 11) is 0. The van der Waals surface area contributed by atoms with Crippen molar-refractivity contribution < 1.29 is 0 Å². The van der Waals surface area contributed by atoms with E-state index in [0.717, 1.165) is 6.54 Å². The van der Waals surface area contributed by atoms with Crippen molar-refractivity contribution >= 4 is 10.9 Å². The summed E-state index contributed by atoms with van der Waals surface area (Å²) in [4.78, 5) is 3.48. The lowest BCUT2D eigenvalue weighted by Gasteiger charge is -2.24. The largest absolute Gasteiger partial charge is 0.358 e. The van der Waals surface area contributed by atoms with Gasteiger partial charge in [-0.1, -0.05) is 24.6 Å². The number of nitrogens with one attached hydrogen (secondary N) is 2. The van der Waals surface area contributed by atoms with E-state index in [1.165, 1.54) is 41.4 Å². The van der Waals surface area contributed by atoms with E-state index in [9.17, 15) is 0 Å². The molecule has 2 N–H and O–H groups in total. The maximum atomic E-state index is 3.63. The zero-order valence-corrected chi connectivity index (χ0v) is 9.72. The summed E-state index contributed by atoms with van der Waals surface area (Å²) < 4.78 is 0. The summed E-state index contributed by atoms with van der Waals surface area (Å²) >= 11 is 0. The van der Waals surface area contributed by atoms with Gasteiger partial charge >= 0.3 is 0 Å². The number of hydrogen-bond acceptors (Lipinski definition) is 1. The van der Waals surface area contributed by atoms with Crippen molar-refractivity contribution in [1.29, 1.82) is 0 Å². The Morgan fingerprint density at radius 1 is 1.19 bits per heavy atom. The summed E-state index contributed by atoms with van der Waals surface area (Å²) in [5.41, 5.74) is 4.07. The molecule has 0 bridgehead atoms. The highest BCUT2D eigenvalue weighted by molar-refractivity contribution is 5.85. The van der Waals surface area contributed by atoms with Gasteiger partial charge in [-0.25, -0.2) is 0 Å². The van der Waals surface area contributed by atoms with Gasteiger partial charge in [-0.2, -0.15) is 0 Å². The molecule has 1 saturated heterocycles. The highest BCUT2D eigenvalue weighted by atomic mass is 14.9. The topological polar surface area (TPSA) is 27.8 Å². The number of rotatable bonds is 1. The second kappa shape index (κ2) is 3.95. The van der Waals surface area contributed by atoms with E-state index in [1.807, 2.05) is 0 Å². The molecule has 2 aromatic rings. The molecule has 0 saturated carbocycles. The predicted octanol–water partition coefficient (Wildman–Crippen LogP) is 3.29. The average molecular weight is 214 g/mol. The first-order valence-electron chi connectivity index (χ1n) is 6.17. The molecule has 0 radical (unpaired) electrons. The molecule has 0 unspecified atom stereocenters. The van der Waals surface area contributed by atoms with Crippen molar-refractivity contribution in [3.8, 4) is 0 Å². The van der Waals surface area contributed by atoms with E-state index in [1.54, 1.807) is 0 Å². The third kappa shape index (κ3) is 1.54. The zero-order chi connectivity index (χ0) is 11.0. The molecule has 3 rings (SSSR count). The predicted molar refractivity (Wildman–Crippen MR) is 67.6 cm³/mol. The molecule has 1 aromatic heterocycles. The van der Waals surface area contributed by atoms with Crippen LogP contribution in [0.15, 0.2) is 24.3 Å². The normalized spacial score (nSPS) is 21.4. The molecule has 0 spiro atoms. The van der Waals surface area contributed by atoms with Crippen LogP contribution in [-0.4, -0.2) is 11.5 Å². The minimum atomic E-state index is 0.546. The lowest BCUT2D eigenvalue weighted by atomic mass is 9.95. The van der Waals surface area contributed by atoms with Crippen LogP contribution in [0.5, 0.6) is 0 Å². The molecule has 0 aliphatic carbocycles. The van der Waals surface area contributed by atoms with Crippen LogP contribution in [0, 0.1) is 6.92 Å². The van der Waals surface area contributed by atoms with Crippen molar-refractivity contribution in [3.63, 3.8) is 0 Å². The monoisotopic (exact) mass is 214 g/mol. The van der Waals surface area contributed by atoms with Gasteiger partial charge in [0.05, 0.1) is 0 Å². The van der Waals surface area contributed by atoms with Gasteiger partial charge in [0, 0.05) is 22.6 Å². The molecule has 1 atom stereocenters. The van der Waals surface area contributed by atoms with Crippen molar-refractivity contribution in [2.75, 3.05) is 6.54 Å². The Morgan fingerprint density at radius 3 is 2.88 bits per heavy atom. The molecule has 2 heteroatoms. The van der Waals surface area contributed by atoms with Crippen LogP contribution in [0.3, 0.4) is 0 Å². The number of benzene rings is 1. The summed E-state index contributed by atoms with van der Waals surface area (Å²) in [6, 6.07) is 9.15. The Balaban J connectivity index is 2.10. The van der Waals surface area contributed by atoms with E-state index in [-0.39, 0.29) is 0 Å². The van der Waals surface area contributed by atoms with Crippen molar-refractivity contribution in [2.24, 2.45) is 0 Å². The zero-order valence-electron chi connectivity index (χ0n) is 9.72. The molecular weight excluding hydrogens is 196 g/mol. The molecule has 1 aromatic carbocycles. The maximum Gasteiger partial charge on any atom is 0.0459 e. The molecule has 1 aliphatic rings. The van der Waals surface area contributed by atoms with Gasteiger partial charge in [0.15, 0.2) is 0 Å². The number of aryl methyl sites for hydroxylation is 1. The number of hydrogen-bond donors (Lipinski definition) is 2. The van der Waals surface area contributed by atoms with Gasteiger partial charge in [-0.15, -0.1) is 0 Å². The van der Waals surface area contributed by atoms with E-state index in [2.05, 4.69) is 41.5 Å². The Kier molecular flexibility index (Phi) is 2.44. The van der Waals surface area contributed by atoms with E-state index >= 15 is 0 Å². The summed E-state index contributed by atoms with van der Waals surface area (Å²) in [5.74, 6) is 0. The lowest BCUT2D eigenvalue weighted by Crippen LogP contribution is -2.27.